The summed E-state index contributed by atoms with van der Waals surface area (Å²) in [6.45, 7) is 6.65. The topological polar surface area (TPSA) is 62.6 Å². The van der Waals surface area contributed by atoms with Crippen LogP contribution in [0.25, 0.3) is 10.9 Å². The Bertz CT molecular complexity index is 1050. The first-order valence-electron chi connectivity index (χ1n) is 12.1. The summed E-state index contributed by atoms with van der Waals surface area (Å²) in [5.41, 5.74) is 3.18. The van der Waals surface area contributed by atoms with E-state index in [4.69, 9.17) is 4.74 Å². The minimum atomic E-state index is 0.107. The number of benzene rings is 2. The zero-order chi connectivity index (χ0) is 22.5. The molecule has 0 unspecified atom stereocenters. The van der Waals surface area contributed by atoms with Gasteiger partial charge in [-0.2, -0.15) is 5.10 Å². The van der Waals surface area contributed by atoms with Gasteiger partial charge < -0.3 is 19.9 Å². The Labute approximate surface area is 195 Å². The molecule has 2 fully saturated rings. The molecule has 0 atom stereocenters. The molecule has 2 aliphatic heterocycles. The number of fused-ring (bicyclic) bond motifs is 1. The highest BCUT2D eigenvalue weighted by molar-refractivity contribution is 5.94. The van der Waals surface area contributed by atoms with Crippen LogP contribution in [0.3, 0.4) is 0 Å². The Kier molecular flexibility index (Phi) is 6.88. The van der Waals surface area contributed by atoms with E-state index >= 15 is 0 Å². The van der Waals surface area contributed by atoms with Crippen molar-refractivity contribution in [1.82, 2.24) is 20.0 Å². The minimum Gasteiger partial charge on any atom is -0.378 e. The van der Waals surface area contributed by atoms with Crippen LogP contribution in [-0.2, 0) is 11.3 Å². The molecule has 0 aliphatic carbocycles. The fraction of sp³-hybridized carbons (Fsp3) is 0.462. The van der Waals surface area contributed by atoms with Gasteiger partial charge in [0.05, 0.1) is 24.9 Å². The Hall–Kier alpha value is -2.90. The van der Waals surface area contributed by atoms with E-state index in [0.717, 1.165) is 51.0 Å². The number of aromatic nitrogens is 2. The Balaban J connectivity index is 1.05. The summed E-state index contributed by atoms with van der Waals surface area (Å²) in [5, 5.41) is 9.46. The van der Waals surface area contributed by atoms with Gasteiger partial charge in [-0.3, -0.25) is 9.48 Å². The van der Waals surface area contributed by atoms with Crippen molar-refractivity contribution in [2.24, 2.45) is 0 Å². The summed E-state index contributed by atoms with van der Waals surface area (Å²) in [6, 6.07) is 17.1. The van der Waals surface area contributed by atoms with Crippen LogP contribution in [-0.4, -0.2) is 72.6 Å². The summed E-state index contributed by atoms with van der Waals surface area (Å²) in [4.78, 5) is 16.9. The Morgan fingerprint density at radius 3 is 2.55 bits per heavy atom. The van der Waals surface area contributed by atoms with E-state index in [1.807, 2.05) is 23.2 Å². The normalized spacial score (nSPS) is 17.6. The lowest BCUT2D eigenvalue weighted by Gasteiger charge is -2.34. The molecule has 7 nitrogen and oxygen atoms in total. The maximum absolute atomic E-state index is 12.6. The monoisotopic (exact) mass is 447 g/mol. The molecule has 2 aromatic carbocycles. The number of ether oxygens (including phenoxy) is 1. The van der Waals surface area contributed by atoms with E-state index in [2.05, 4.69) is 56.4 Å². The summed E-state index contributed by atoms with van der Waals surface area (Å²) in [5.74, 6) is 0.107. The minimum absolute atomic E-state index is 0.107. The number of nitrogens with one attached hydrogen (secondary N) is 1. The first-order valence-corrected chi connectivity index (χ1v) is 12.1. The first-order chi connectivity index (χ1) is 16.3. The average Bonchev–Trinajstić information content (AvgIpc) is 3.30. The number of aryl methyl sites for hydroxylation is 1. The third kappa shape index (κ3) is 5.20. The summed E-state index contributed by atoms with van der Waals surface area (Å²) in [6.07, 6.45) is 5.30. The van der Waals surface area contributed by atoms with Crippen molar-refractivity contribution in [1.29, 1.82) is 0 Å². The first kappa shape index (κ1) is 21.9. The second kappa shape index (κ2) is 10.4. The molecule has 1 amide bonds. The number of para-hydroxylation sites is 1. The predicted molar refractivity (Wildman–Crippen MR) is 131 cm³/mol. The predicted octanol–water partition coefficient (Wildman–Crippen LogP) is 3.16. The number of hydrogen-bond donors (Lipinski definition) is 1. The van der Waals surface area contributed by atoms with E-state index in [1.54, 1.807) is 0 Å². The van der Waals surface area contributed by atoms with E-state index in [9.17, 15) is 4.79 Å². The van der Waals surface area contributed by atoms with Crippen molar-refractivity contribution < 1.29 is 9.53 Å². The van der Waals surface area contributed by atoms with Crippen molar-refractivity contribution in [3.8, 4) is 0 Å². The number of carbonyl (C=O) groups is 1. The van der Waals surface area contributed by atoms with Crippen LogP contribution in [0, 0.1) is 0 Å². The second-order valence-corrected chi connectivity index (χ2v) is 8.95. The van der Waals surface area contributed by atoms with Gasteiger partial charge in [-0.15, -0.1) is 0 Å². The highest BCUT2D eigenvalue weighted by Crippen LogP contribution is 2.21. The lowest BCUT2D eigenvalue weighted by atomic mass is 10.0. The molecule has 5 rings (SSSR count). The van der Waals surface area contributed by atoms with E-state index < -0.39 is 0 Å². The molecular weight excluding hydrogens is 414 g/mol. The molecule has 0 bridgehead atoms. The third-order valence-corrected chi connectivity index (χ3v) is 6.80. The molecule has 174 valence electrons. The number of carbonyl (C=O) groups excluding carboxylic acids is 1. The van der Waals surface area contributed by atoms with Crippen LogP contribution in [0.15, 0.2) is 54.7 Å². The van der Waals surface area contributed by atoms with Gasteiger partial charge >= 0.3 is 0 Å². The molecule has 3 aromatic rings. The third-order valence-electron chi connectivity index (χ3n) is 6.80. The molecule has 3 heterocycles. The van der Waals surface area contributed by atoms with Gasteiger partial charge in [-0.25, -0.2) is 0 Å². The average molecular weight is 448 g/mol. The number of hydrogen-bond acceptors (Lipinski definition) is 5. The summed E-state index contributed by atoms with van der Waals surface area (Å²) >= 11 is 0. The van der Waals surface area contributed by atoms with Crippen molar-refractivity contribution >= 4 is 22.5 Å². The number of anilines is 1. The maximum Gasteiger partial charge on any atom is 0.254 e. The lowest BCUT2D eigenvalue weighted by Crippen LogP contribution is -2.43. The van der Waals surface area contributed by atoms with Crippen molar-refractivity contribution in [3.05, 3.63) is 60.3 Å². The van der Waals surface area contributed by atoms with Gasteiger partial charge in [0.1, 0.15) is 0 Å². The zero-order valence-corrected chi connectivity index (χ0v) is 19.2. The highest BCUT2D eigenvalue weighted by atomic mass is 16.5. The molecule has 1 N–H and O–H groups in total. The van der Waals surface area contributed by atoms with Crippen molar-refractivity contribution in [3.63, 3.8) is 0 Å². The van der Waals surface area contributed by atoms with Crippen LogP contribution < -0.4 is 10.2 Å². The molecule has 2 aliphatic rings. The number of amides is 1. The zero-order valence-electron chi connectivity index (χ0n) is 19.2. The molecule has 7 heteroatoms. The van der Waals surface area contributed by atoms with Crippen LogP contribution in [0.1, 0.15) is 29.6 Å². The molecule has 0 saturated carbocycles. The number of rotatable bonds is 7. The molecular formula is C26H33N5O2. The fourth-order valence-corrected chi connectivity index (χ4v) is 4.84. The summed E-state index contributed by atoms with van der Waals surface area (Å²) < 4.78 is 7.45. The van der Waals surface area contributed by atoms with Gasteiger partial charge in [0, 0.05) is 55.4 Å². The quantitative estimate of drug-likeness (QED) is 0.564. The van der Waals surface area contributed by atoms with Crippen molar-refractivity contribution in [2.75, 3.05) is 50.8 Å². The van der Waals surface area contributed by atoms with E-state index in [1.165, 1.54) is 16.6 Å². The van der Waals surface area contributed by atoms with E-state index in [-0.39, 0.29) is 5.91 Å². The largest absolute Gasteiger partial charge is 0.378 e. The fourth-order valence-electron chi connectivity index (χ4n) is 4.84. The van der Waals surface area contributed by atoms with Crippen LogP contribution in [0.2, 0.25) is 0 Å². The van der Waals surface area contributed by atoms with Gasteiger partial charge in [-0.1, -0.05) is 18.2 Å². The van der Waals surface area contributed by atoms with Gasteiger partial charge in [-0.05, 0) is 56.1 Å². The molecule has 1 aromatic heterocycles. The number of nitrogens with zero attached hydrogens (tertiary/aromatic N) is 4. The van der Waals surface area contributed by atoms with E-state index in [0.29, 0.717) is 32.3 Å². The Morgan fingerprint density at radius 1 is 1.00 bits per heavy atom. The van der Waals surface area contributed by atoms with Crippen LogP contribution >= 0.6 is 0 Å². The van der Waals surface area contributed by atoms with Gasteiger partial charge in [0.25, 0.3) is 5.91 Å². The lowest BCUT2D eigenvalue weighted by molar-refractivity contribution is 0.0303. The Morgan fingerprint density at radius 2 is 1.76 bits per heavy atom. The van der Waals surface area contributed by atoms with Crippen LogP contribution in [0.4, 0.5) is 5.69 Å². The molecule has 0 radical (unpaired) electrons. The smallest absolute Gasteiger partial charge is 0.254 e. The molecule has 0 spiro atoms. The SMILES string of the molecule is O=C(c1ccc(N2CCC(NCCCn3ncc4ccccc43)CC2)cc1)N1CCOCC1. The second-order valence-electron chi connectivity index (χ2n) is 8.95. The highest BCUT2D eigenvalue weighted by Gasteiger charge is 2.21. The van der Waals surface area contributed by atoms with Gasteiger partial charge in [0.15, 0.2) is 0 Å². The maximum atomic E-state index is 12.6. The standard InChI is InChI=1S/C26H33N5O2/c32-26(30-16-18-33-19-17-30)21-6-8-24(9-7-21)29-14-10-23(11-15-29)27-12-3-13-31-25-5-2-1-4-22(25)20-28-31/h1-2,4-9,20,23,27H,3,10-19H2. The van der Waals surface area contributed by atoms with Crippen molar-refractivity contribution in [2.45, 2.75) is 31.8 Å². The molecule has 2 saturated heterocycles. The number of morpholine rings is 1. The van der Waals surface area contributed by atoms with Gasteiger partial charge in [0.2, 0.25) is 0 Å². The van der Waals surface area contributed by atoms with Crippen LogP contribution in [0.5, 0.6) is 0 Å². The number of piperidine rings is 1. The summed E-state index contributed by atoms with van der Waals surface area (Å²) in [7, 11) is 0. The molecule has 33 heavy (non-hydrogen) atoms.